The van der Waals surface area contributed by atoms with Crippen LogP contribution in [0.5, 0.6) is 0 Å². The maximum absolute atomic E-state index is 13.8. The minimum atomic E-state index is -1.41. The van der Waals surface area contributed by atoms with Crippen molar-refractivity contribution in [2.75, 3.05) is 5.75 Å². The average molecular weight is 352 g/mol. The molecule has 0 spiro atoms. The van der Waals surface area contributed by atoms with Gasteiger partial charge in [0.15, 0.2) is 0 Å². The summed E-state index contributed by atoms with van der Waals surface area (Å²) in [6.07, 6.45) is 0.812. The standard InChI is InChI=1S/C17H21FN2O3S/c1-4-11(2)19-16(21)10-24(22)9-15-12(3)23-17(20-15)13-7-5-6-8-14(13)18/h5-8,11H,4,9-10H2,1-3H3,(H,19,21)/t11-,24-/m0/s1. The summed E-state index contributed by atoms with van der Waals surface area (Å²) < 4.78 is 31.4. The molecule has 2 rings (SSSR count). The summed E-state index contributed by atoms with van der Waals surface area (Å²) in [6, 6.07) is 6.22. The Morgan fingerprint density at radius 3 is 2.79 bits per heavy atom. The van der Waals surface area contributed by atoms with Crippen LogP contribution in [0.1, 0.15) is 31.7 Å². The van der Waals surface area contributed by atoms with Gasteiger partial charge in [-0.05, 0) is 32.4 Å². The second-order valence-corrected chi connectivity index (χ2v) is 7.06. The Kier molecular flexibility index (Phi) is 6.25. The number of hydrogen-bond donors (Lipinski definition) is 1. The van der Waals surface area contributed by atoms with Crippen LogP contribution in [0.25, 0.3) is 11.5 Å². The molecule has 1 heterocycles. The van der Waals surface area contributed by atoms with Crippen molar-refractivity contribution in [3.05, 3.63) is 41.5 Å². The highest BCUT2D eigenvalue weighted by atomic mass is 32.2. The average Bonchev–Trinajstić information content (AvgIpc) is 2.87. The largest absolute Gasteiger partial charge is 0.441 e. The van der Waals surface area contributed by atoms with E-state index >= 15 is 0 Å². The molecule has 0 unspecified atom stereocenters. The van der Waals surface area contributed by atoms with Crippen LogP contribution in [0.3, 0.4) is 0 Å². The highest BCUT2D eigenvalue weighted by molar-refractivity contribution is 7.84. The number of halogens is 1. The lowest BCUT2D eigenvalue weighted by molar-refractivity contribution is -0.119. The Morgan fingerprint density at radius 2 is 2.12 bits per heavy atom. The number of nitrogens with one attached hydrogen (secondary N) is 1. The third-order valence-corrected chi connectivity index (χ3v) is 4.79. The third-order valence-electron chi connectivity index (χ3n) is 3.61. The monoisotopic (exact) mass is 352 g/mol. The highest BCUT2D eigenvalue weighted by Gasteiger charge is 2.18. The van der Waals surface area contributed by atoms with E-state index < -0.39 is 16.6 Å². The van der Waals surface area contributed by atoms with Gasteiger partial charge in [-0.3, -0.25) is 9.00 Å². The van der Waals surface area contributed by atoms with E-state index in [-0.39, 0.29) is 34.9 Å². The molecule has 7 heteroatoms. The molecule has 0 aliphatic heterocycles. The van der Waals surface area contributed by atoms with Gasteiger partial charge in [-0.2, -0.15) is 0 Å². The van der Waals surface area contributed by atoms with Crippen molar-refractivity contribution in [2.24, 2.45) is 0 Å². The second kappa shape index (κ2) is 8.19. The molecule has 1 amide bonds. The SMILES string of the molecule is CC[C@H](C)NC(=O)C[S@@](=O)Cc1nc(-c2ccccc2F)oc1C. The fourth-order valence-electron chi connectivity index (χ4n) is 2.08. The molecule has 130 valence electrons. The van der Waals surface area contributed by atoms with Crippen LogP contribution in [0, 0.1) is 12.7 Å². The Bertz CT molecular complexity index is 745. The van der Waals surface area contributed by atoms with E-state index in [0.717, 1.165) is 6.42 Å². The molecule has 0 fully saturated rings. The van der Waals surface area contributed by atoms with Gasteiger partial charge in [-0.15, -0.1) is 0 Å². The highest BCUT2D eigenvalue weighted by Crippen LogP contribution is 2.24. The zero-order valence-corrected chi connectivity index (χ0v) is 14.8. The van der Waals surface area contributed by atoms with Crippen molar-refractivity contribution in [1.29, 1.82) is 0 Å². The zero-order chi connectivity index (χ0) is 17.7. The molecule has 2 aromatic rings. The summed E-state index contributed by atoms with van der Waals surface area (Å²) in [5, 5.41) is 2.77. The van der Waals surface area contributed by atoms with E-state index in [9.17, 15) is 13.4 Å². The van der Waals surface area contributed by atoms with Gasteiger partial charge in [0.05, 0.1) is 17.0 Å². The normalized spacial score (nSPS) is 13.5. The topological polar surface area (TPSA) is 72.2 Å². The van der Waals surface area contributed by atoms with Crippen LogP contribution in [-0.2, 0) is 21.3 Å². The Morgan fingerprint density at radius 1 is 1.42 bits per heavy atom. The Balaban J connectivity index is 2.04. The van der Waals surface area contributed by atoms with E-state index in [1.54, 1.807) is 25.1 Å². The van der Waals surface area contributed by atoms with E-state index in [1.165, 1.54) is 6.07 Å². The van der Waals surface area contributed by atoms with Crippen molar-refractivity contribution in [3.63, 3.8) is 0 Å². The van der Waals surface area contributed by atoms with Crippen LogP contribution >= 0.6 is 0 Å². The summed E-state index contributed by atoms with van der Waals surface area (Å²) >= 11 is 0. The van der Waals surface area contributed by atoms with Crippen molar-refractivity contribution in [2.45, 2.75) is 39.0 Å². The first-order valence-corrected chi connectivity index (χ1v) is 9.25. The quantitative estimate of drug-likeness (QED) is 0.831. The van der Waals surface area contributed by atoms with Gasteiger partial charge < -0.3 is 9.73 Å². The number of oxazole rings is 1. The van der Waals surface area contributed by atoms with Gasteiger partial charge in [0.1, 0.15) is 17.3 Å². The molecule has 1 aromatic carbocycles. The molecular weight excluding hydrogens is 331 g/mol. The van der Waals surface area contributed by atoms with Gasteiger partial charge in [0.25, 0.3) is 0 Å². The number of nitrogens with zero attached hydrogens (tertiary/aromatic N) is 1. The lowest BCUT2D eigenvalue weighted by Crippen LogP contribution is -2.35. The van der Waals surface area contributed by atoms with Gasteiger partial charge in [0.2, 0.25) is 11.8 Å². The van der Waals surface area contributed by atoms with Gasteiger partial charge >= 0.3 is 0 Å². The van der Waals surface area contributed by atoms with Crippen molar-refractivity contribution < 1.29 is 17.8 Å². The van der Waals surface area contributed by atoms with E-state index in [0.29, 0.717) is 11.5 Å². The van der Waals surface area contributed by atoms with Crippen LogP contribution in [-0.4, -0.2) is 26.9 Å². The molecule has 2 atom stereocenters. The smallest absolute Gasteiger partial charge is 0.232 e. The van der Waals surface area contributed by atoms with Crippen molar-refractivity contribution in [3.8, 4) is 11.5 Å². The maximum Gasteiger partial charge on any atom is 0.232 e. The molecule has 0 bridgehead atoms. The molecular formula is C17H21FN2O3S. The molecule has 1 aromatic heterocycles. The van der Waals surface area contributed by atoms with E-state index in [1.807, 2.05) is 13.8 Å². The number of amides is 1. The first-order chi connectivity index (χ1) is 11.4. The molecule has 0 radical (unpaired) electrons. The number of rotatable bonds is 7. The first kappa shape index (κ1) is 18.3. The van der Waals surface area contributed by atoms with Crippen LogP contribution in [0.15, 0.2) is 28.7 Å². The summed E-state index contributed by atoms with van der Waals surface area (Å²) in [7, 11) is -1.41. The Hall–Kier alpha value is -2.02. The minimum Gasteiger partial charge on any atom is -0.441 e. The van der Waals surface area contributed by atoms with Gasteiger partial charge in [0, 0.05) is 16.8 Å². The van der Waals surface area contributed by atoms with Gasteiger partial charge in [-0.25, -0.2) is 9.37 Å². The molecule has 5 nitrogen and oxygen atoms in total. The number of hydrogen-bond acceptors (Lipinski definition) is 4. The Labute approximate surface area is 143 Å². The predicted molar refractivity (Wildman–Crippen MR) is 91.2 cm³/mol. The summed E-state index contributed by atoms with van der Waals surface area (Å²) in [5.41, 5.74) is 0.732. The second-order valence-electron chi connectivity index (χ2n) is 5.61. The van der Waals surface area contributed by atoms with E-state index in [2.05, 4.69) is 10.3 Å². The summed E-state index contributed by atoms with van der Waals surface area (Å²) in [5.74, 6) is -0.0493. The van der Waals surface area contributed by atoms with Gasteiger partial charge in [-0.1, -0.05) is 19.1 Å². The first-order valence-electron chi connectivity index (χ1n) is 7.76. The summed E-state index contributed by atoms with van der Waals surface area (Å²) in [4.78, 5) is 16.0. The number of carbonyl (C=O) groups is 1. The minimum absolute atomic E-state index is 0.0518. The van der Waals surface area contributed by atoms with E-state index in [4.69, 9.17) is 4.42 Å². The molecule has 0 aliphatic rings. The molecule has 24 heavy (non-hydrogen) atoms. The van der Waals surface area contributed by atoms with Crippen LogP contribution in [0.2, 0.25) is 0 Å². The lowest BCUT2D eigenvalue weighted by atomic mass is 10.2. The zero-order valence-electron chi connectivity index (χ0n) is 14.0. The molecule has 0 saturated carbocycles. The molecule has 1 N–H and O–H groups in total. The fourth-order valence-corrected chi connectivity index (χ4v) is 3.13. The predicted octanol–water partition coefficient (Wildman–Crippen LogP) is 2.95. The number of aryl methyl sites for hydroxylation is 1. The number of aromatic nitrogens is 1. The summed E-state index contributed by atoms with van der Waals surface area (Å²) in [6.45, 7) is 5.54. The number of carbonyl (C=O) groups excluding carboxylic acids is 1. The fraction of sp³-hybridized carbons (Fsp3) is 0.412. The van der Waals surface area contributed by atoms with Crippen molar-refractivity contribution in [1.82, 2.24) is 10.3 Å². The lowest BCUT2D eigenvalue weighted by Gasteiger charge is -2.10. The third kappa shape index (κ3) is 4.74. The van der Waals surface area contributed by atoms with Crippen LogP contribution in [0.4, 0.5) is 4.39 Å². The molecule has 0 saturated heterocycles. The molecule has 0 aliphatic carbocycles. The van der Waals surface area contributed by atoms with Crippen LogP contribution < -0.4 is 5.32 Å². The van der Waals surface area contributed by atoms with Crippen molar-refractivity contribution >= 4 is 16.7 Å². The maximum atomic E-state index is 13.8. The number of benzene rings is 1.